The van der Waals surface area contributed by atoms with Crippen molar-refractivity contribution in [3.63, 3.8) is 0 Å². The van der Waals surface area contributed by atoms with Crippen LogP contribution in [-0.4, -0.2) is 57.3 Å². The molecule has 6 heteroatoms. The lowest BCUT2D eigenvalue weighted by atomic mass is 10.00. The molecule has 0 bridgehead atoms. The molecule has 5 N–H and O–H groups in total. The van der Waals surface area contributed by atoms with E-state index in [2.05, 4.69) is 55.6 Å². The van der Waals surface area contributed by atoms with Gasteiger partial charge in [0.1, 0.15) is 12.2 Å². The number of aliphatic hydroxyl groups excluding tert-OH is 4. The molecule has 0 aromatic rings. The number of nitrogens with one attached hydrogen (secondary N) is 1. The third-order valence-electron chi connectivity index (χ3n) is 11.8. The number of allylic oxidation sites excluding steroid dienone is 6. The maximum atomic E-state index is 12.5. The second kappa shape index (κ2) is 46.6. The molecule has 58 heavy (non-hydrogen) atoms. The molecular weight excluding hydrogens is 719 g/mol. The molecule has 4 atom stereocenters. The predicted molar refractivity (Wildman–Crippen MR) is 251 cm³/mol. The lowest BCUT2D eigenvalue weighted by molar-refractivity contribution is -0.132. The molecule has 0 heterocycles. The Bertz CT molecular complexity index is 919. The Labute approximate surface area is 360 Å². The lowest BCUT2D eigenvalue weighted by Gasteiger charge is -2.27. The third-order valence-corrected chi connectivity index (χ3v) is 11.8. The zero-order chi connectivity index (χ0) is 42.4. The number of unbranched alkanes of at least 4 members (excludes halogenated alkanes) is 31. The zero-order valence-electron chi connectivity index (χ0n) is 38.5. The minimum Gasteiger partial charge on any atom is -0.394 e. The van der Waals surface area contributed by atoms with Crippen molar-refractivity contribution in [3.8, 4) is 0 Å². The maximum Gasteiger partial charge on any atom is 0.249 e. The number of hydrogen-bond acceptors (Lipinski definition) is 5. The van der Waals surface area contributed by atoms with Crippen LogP contribution < -0.4 is 5.32 Å². The Morgan fingerprint density at radius 2 is 0.724 bits per heavy atom. The van der Waals surface area contributed by atoms with E-state index in [1.54, 1.807) is 0 Å². The van der Waals surface area contributed by atoms with Crippen LogP contribution in [0.4, 0.5) is 0 Å². The Morgan fingerprint density at radius 1 is 0.414 bits per heavy atom. The third kappa shape index (κ3) is 40.0. The summed E-state index contributed by atoms with van der Waals surface area (Å²) in [6.45, 7) is 4.04. The van der Waals surface area contributed by atoms with Gasteiger partial charge in [0, 0.05) is 0 Å². The molecule has 0 spiro atoms. The van der Waals surface area contributed by atoms with Crippen molar-refractivity contribution in [3.05, 3.63) is 36.5 Å². The maximum absolute atomic E-state index is 12.5. The van der Waals surface area contributed by atoms with Gasteiger partial charge < -0.3 is 25.7 Å². The molecular formula is C52H99NO5. The monoisotopic (exact) mass is 818 g/mol. The number of carbonyl (C=O) groups excluding carboxylic acids is 1. The van der Waals surface area contributed by atoms with Crippen molar-refractivity contribution in [2.24, 2.45) is 0 Å². The van der Waals surface area contributed by atoms with E-state index in [1.807, 2.05) is 0 Å². The Balaban J connectivity index is 3.71. The average Bonchev–Trinajstić information content (AvgIpc) is 3.23. The van der Waals surface area contributed by atoms with Crippen LogP contribution in [0.15, 0.2) is 36.5 Å². The Kier molecular flexibility index (Phi) is 45.4. The molecule has 0 aliphatic carbocycles. The quantitative estimate of drug-likeness (QED) is 0.0310. The first-order chi connectivity index (χ1) is 28.5. The van der Waals surface area contributed by atoms with Crippen molar-refractivity contribution in [1.82, 2.24) is 5.32 Å². The summed E-state index contributed by atoms with van der Waals surface area (Å²) in [7, 11) is 0. The largest absolute Gasteiger partial charge is 0.394 e. The van der Waals surface area contributed by atoms with E-state index in [0.717, 1.165) is 51.4 Å². The molecule has 0 aromatic carbocycles. The van der Waals surface area contributed by atoms with Gasteiger partial charge in [-0.1, -0.05) is 230 Å². The van der Waals surface area contributed by atoms with Gasteiger partial charge in [-0.2, -0.15) is 0 Å². The Morgan fingerprint density at radius 3 is 1.09 bits per heavy atom. The molecule has 0 aromatic heterocycles. The van der Waals surface area contributed by atoms with Gasteiger partial charge in [-0.25, -0.2) is 0 Å². The highest BCUT2D eigenvalue weighted by Gasteiger charge is 2.28. The fraction of sp³-hybridized carbons (Fsp3) is 0.865. The van der Waals surface area contributed by atoms with Crippen LogP contribution in [0.1, 0.15) is 258 Å². The fourth-order valence-electron chi connectivity index (χ4n) is 7.79. The van der Waals surface area contributed by atoms with Crippen LogP contribution in [0.3, 0.4) is 0 Å². The van der Waals surface area contributed by atoms with Crippen LogP contribution in [0.2, 0.25) is 0 Å². The fourth-order valence-corrected chi connectivity index (χ4v) is 7.79. The highest BCUT2D eigenvalue weighted by Crippen LogP contribution is 2.16. The zero-order valence-corrected chi connectivity index (χ0v) is 38.5. The number of aliphatic hydroxyl groups is 4. The summed E-state index contributed by atoms with van der Waals surface area (Å²) in [5.74, 6) is -0.599. The topological polar surface area (TPSA) is 110 Å². The highest BCUT2D eigenvalue weighted by atomic mass is 16.3. The van der Waals surface area contributed by atoms with E-state index < -0.39 is 36.9 Å². The summed E-state index contributed by atoms with van der Waals surface area (Å²) in [4.78, 5) is 12.5. The molecule has 0 saturated heterocycles. The van der Waals surface area contributed by atoms with Crippen LogP contribution in [0, 0.1) is 0 Å². The number of rotatable bonds is 46. The molecule has 0 saturated carbocycles. The highest BCUT2D eigenvalue weighted by molar-refractivity contribution is 5.80. The van der Waals surface area contributed by atoms with Gasteiger partial charge in [0.25, 0.3) is 0 Å². The summed E-state index contributed by atoms with van der Waals surface area (Å²) in [5, 5.41) is 43.7. The van der Waals surface area contributed by atoms with Gasteiger partial charge >= 0.3 is 0 Å². The van der Waals surface area contributed by atoms with E-state index in [1.165, 1.54) is 173 Å². The van der Waals surface area contributed by atoms with E-state index in [9.17, 15) is 25.2 Å². The van der Waals surface area contributed by atoms with E-state index in [-0.39, 0.29) is 0 Å². The summed E-state index contributed by atoms with van der Waals surface area (Å²) >= 11 is 0. The molecule has 0 aliphatic rings. The van der Waals surface area contributed by atoms with Crippen molar-refractivity contribution < 1.29 is 25.2 Å². The van der Waals surface area contributed by atoms with Crippen molar-refractivity contribution in [2.45, 2.75) is 282 Å². The van der Waals surface area contributed by atoms with Gasteiger partial charge in [-0.3, -0.25) is 4.79 Å². The van der Waals surface area contributed by atoms with Crippen LogP contribution in [0.5, 0.6) is 0 Å². The minimum absolute atomic E-state index is 0.361. The second-order valence-corrected chi connectivity index (χ2v) is 17.5. The smallest absolute Gasteiger partial charge is 0.249 e. The lowest BCUT2D eigenvalue weighted by Crippen LogP contribution is -2.53. The van der Waals surface area contributed by atoms with Crippen molar-refractivity contribution in [1.29, 1.82) is 0 Å². The number of amides is 1. The van der Waals surface area contributed by atoms with Gasteiger partial charge in [0.05, 0.1) is 18.8 Å². The average molecular weight is 818 g/mol. The normalized spacial score (nSPS) is 14.2. The van der Waals surface area contributed by atoms with E-state index >= 15 is 0 Å². The molecule has 342 valence electrons. The van der Waals surface area contributed by atoms with Gasteiger partial charge in [0.15, 0.2) is 0 Å². The second-order valence-electron chi connectivity index (χ2n) is 17.5. The molecule has 0 rings (SSSR count). The molecule has 1 amide bonds. The van der Waals surface area contributed by atoms with Gasteiger partial charge in [-0.15, -0.1) is 0 Å². The van der Waals surface area contributed by atoms with Crippen molar-refractivity contribution >= 4 is 5.91 Å². The molecule has 0 fully saturated rings. The van der Waals surface area contributed by atoms with Gasteiger partial charge in [0.2, 0.25) is 5.91 Å². The van der Waals surface area contributed by atoms with E-state index in [0.29, 0.717) is 19.3 Å². The summed E-state index contributed by atoms with van der Waals surface area (Å²) in [6, 6.07) is -1.01. The van der Waals surface area contributed by atoms with Crippen LogP contribution in [-0.2, 0) is 4.79 Å². The first-order valence-electron chi connectivity index (χ1n) is 25.4. The standard InChI is InChI=1S/C52H99NO5/c1-3-5-7-9-11-13-15-17-18-19-20-21-22-23-24-25-26-27-28-29-30-31-32-34-35-37-39-41-43-45-49(55)51(57)48(47-54)53-52(58)50(56)46-44-42-40-38-36-33-16-14-12-10-8-6-4-2/h27-28,31-32,37,39,48-51,54-57H,3-26,29-30,33-36,38,40-47H2,1-2H3,(H,53,58)/b28-27+,32-31+,39-37+. The summed E-state index contributed by atoms with van der Waals surface area (Å²) in [6.07, 6.45) is 56.4. The number of carbonyl (C=O) groups is 1. The SMILES string of the molecule is CCCCCCCCCCCCCCCCCC/C=C/CC/C=C/CC/C=C/CCCC(O)C(O)C(CO)NC(=O)C(O)CCCCCCCCCCCCCCC. The summed E-state index contributed by atoms with van der Waals surface area (Å²) in [5.41, 5.74) is 0. The summed E-state index contributed by atoms with van der Waals surface area (Å²) < 4.78 is 0. The number of hydrogen-bond donors (Lipinski definition) is 5. The molecule has 0 aliphatic heterocycles. The van der Waals surface area contributed by atoms with E-state index in [4.69, 9.17) is 0 Å². The first-order valence-corrected chi connectivity index (χ1v) is 25.4. The van der Waals surface area contributed by atoms with Crippen molar-refractivity contribution in [2.75, 3.05) is 6.61 Å². The van der Waals surface area contributed by atoms with Crippen LogP contribution in [0.25, 0.3) is 0 Å². The molecule has 0 radical (unpaired) electrons. The van der Waals surface area contributed by atoms with Crippen LogP contribution >= 0.6 is 0 Å². The van der Waals surface area contributed by atoms with Gasteiger partial charge in [-0.05, 0) is 64.2 Å². The predicted octanol–water partition coefficient (Wildman–Crippen LogP) is 14.1. The molecule has 4 unspecified atom stereocenters. The minimum atomic E-state index is -1.29. The first kappa shape index (κ1) is 56.5. The Hall–Kier alpha value is -1.47. The molecule has 6 nitrogen and oxygen atoms in total.